The Morgan fingerprint density at radius 1 is 0.967 bits per heavy atom. The van der Waals surface area contributed by atoms with Crippen molar-refractivity contribution < 1.29 is 24.3 Å². The minimum absolute atomic E-state index is 0.0870. The number of hydrogen-bond donors (Lipinski definition) is 3. The number of aromatic hydroxyl groups is 1. The second-order valence-corrected chi connectivity index (χ2v) is 8.58. The first-order valence-electron chi connectivity index (χ1n) is 10.2. The van der Waals surface area contributed by atoms with E-state index in [1.54, 1.807) is 18.2 Å². The van der Waals surface area contributed by atoms with E-state index in [-0.39, 0.29) is 35.3 Å². The average Bonchev–Trinajstić information content (AvgIpc) is 3.17. The summed E-state index contributed by atoms with van der Waals surface area (Å²) in [5.74, 6) is -4.24. The Labute approximate surface area is 173 Å². The van der Waals surface area contributed by atoms with Gasteiger partial charge in [-0.15, -0.1) is 6.58 Å². The molecular weight excluding hydrogens is 384 g/mol. The second kappa shape index (κ2) is 6.65. The molecule has 0 spiro atoms. The highest BCUT2D eigenvalue weighted by atomic mass is 16.3. The number of benzene rings is 1. The molecule has 5 rings (SSSR count). The summed E-state index contributed by atoms with van der Waals surface area (Å²) in [7, 11) is 0. The molecular formula is C23H22N2O5. The Morgan fingerprint density at radius 2 is 1.67 bits per heavy atom. The molecule has 1 aromatic carbocycles. The molecule has 0 unspecified atom stereocenters. The standard InChI is InChI=1S/C23H22N2O5/c1-2-4-10-5-3-6-12(19(10)26)16-11-7-8-13-17(22(29)24-20(13)27)14(11)9-15-18(16)23(30)25-21(15)28/h2-3,5-7,13-18,26H,1,4,8-9H2,(H,24,27,29)(H,25,28,30)/t13-,14+,15+,16+,17-,18+/m0/s1. The molecule has 0 bridgehead atoms. The molecule has 3 N–H and O–H groups in total. The number of carbonyl (C=O) groups excluding carboxylic acids is 4. The van der Waals surface area contributed by atoms with E-state index in [9.17, 15) is 24.3 Å². The number of para-hydroxylation sites is 1. The van der Waals surface area contributed by atoms with Crippen molar-refractivity contribution in [1.82, 2.24) is 10.6 Å². The molecule has 4 amide bonds. The minimum atomic E-state index is -0.637. The molecule has 2 aliphatic heterocycles. The number of phenols is 1. The van der Waals surface area contributed by atoms with Gasteiger partial charge in [-0.1, -0.05) is 35.9 Å². The van der Waals surface area contributed by atoms with Crippen molar-refractivity contribution in [3.8, 4) is 5.75 Å². The number of carbonyl (C=O) groups is 4. The van der Waals surface area contributed by atoms with Gasteiger partial charge in [-0.05, 0) is 30.7 Å². The van der Waals surface area contributed by atoms with E-state index in [0.29, 0.717) is 30.4 Å². The molecule has 1 saturated carbocycles. The van der Waals surface area contributed by atoms with E-state index in [1.165, 1.54) is 0 Å². The lowest BCUT2D eigenvalue weighted by Gasteiger charge is -2.44. The van der Waals surface area contributed by atoms with Crippen LogP contribution in [-0.4, -0.2) is 28.7 Å². The topological polar surface area (TPSA) is 113 Å². The summed E-state index contributed by atoms with van der Waals surface area (Å²) in [5.41, 5.74) is 2.14. The van der Waals surface area contributed by atoms with Gasteiger partial charge in [-0.25, -0.2) is 0 Å². The Hall–Kier alpha value is -3.22. The van der Waals surface area contributed by atoms with Gasteiger partial charge in [0.2, 0.25) is 23.6 Å². The van der Waals surface area contributed by atoms with E-state index in [4.69, 9.17) is 0 Å². The second-order valence-electron chi connectivity index (χ2n) is 8.58. The van der Waals surface area contributed by atoms with Gasteiger partial charge in [0.25, 0.3) is 0 Å². The number of fused-ring (bicyclic) bond motifs is 4. The first-order chi connectivity index (χ1) is 14.4. The summed E-state index contributed by atoms with van der Waals surface area (Å²) in [6.45, 7) is 3.72. The van der Waals surface area contributed by atoms with Crippen LogP contribution in [0, 0.1) is 29.6 Å². The number of rotatable bonds is 3. The molecule has 7 heteroatoms. The summed E-state index contributed by atoms with van der Waals surface area (Å²) >= 11 is 0. The number of nitrogens with one attached hydrogen (secondary N) is 2. The zero-order chi connectivity index (χ0) is 21.2. The molecule has 3 fully saturated rings. The monoisotopic (exact) mass is 406 g/mol. The largest absolute Gasteiger partial charge is 0.507 e. The van der Waals surface area contributed by atoms with E-state index in [1.807, 2.05) is 12.1 Å². The lowest BCUT2D eigenvalue weighted by Crippen LogP contribution is -2.42. The Morgan fingerprint density at radius 3 is 2.40 bits per heavy atom. The van der Waals surface area contributed by atoms with Crippen LogP contribution >= 0.6 is 0 Å². The summed E-state index contributed by atoms with van der Waals surface area (Å²) < 4.78 is 0. The highest BCUT2D eigenvalue weighted by molar-refractivity contribution is 6.07. The first-order valence-corrected chi connectivity index (χ1v) is 10.2. The van der Waals surface area contributed by atoms with Crippen LogP contribution in [0.3, 0.4) is 0 Å². The number of phenolic OH excluding ortho intramolecular Hbond substituents is 1. The predicted octanol–water partition coefficient (Wildman–Crippen LogP) is 1.33. The van der Waals surface area contributed by atoms with Crippen LogP contribution in [0.5, 0.6) is 5.75 Å². The number of allylic oxidation sites excluding steroid dienone is 3. The lowest BCUT2D eigenvalue weighted by atomic mass is 9.57. The van der Waals surface area contributed by atoms with Crippen LogP contribution in [0.1, 0.15) is 29.9 Å². The van der Waals surface area contributed by atoms with Crippen molar-refractivity contribution in [3.05, 3.63) is 53.6 Å². The third-order valence-electron chi connectivity index (χ3n) is 7.18. The zero-order valence-electron chi connectivity index (χ0n) is 16.3. The Bertz CT molecular complexity index is 1040. The summed E-state index contributed by atoms with van der Waals surface area (Å²) in [5, 5.41) is 15.9. The summed E-state index contributed by atoms with van der Waals surface area (Å²) in [6, 6.07) is 5.39. The van der Waals surface area contributed by atoms with Crippen LogP contribution in [-0.2, 0) is 25.6 Å². The summed E-state index contributed by atoms with van der Waals surface area (Å²) in [4.78, 5) is 50.1. The fourth-order valence-electron chi connectivity index (χ4n) is 5.94. The van der Waals surface area contributed by atoms with Crippen LogP contribution in [0.2, 0.25) is 0 Å². The van der Waals surface area contributed by atoms with E-state index in [0.717, 1.165) is 5.57 Å². The molecule has 2 saturated heterocycles. The van der Waals surface area contributed by atoms with Crippen molar-refractivity contribution >= 4 is 23.6 Å². The van der Waals surface area contributed by atoms with Crippen LogP contribution in [0.15, 0.2) is 42.5 Å². The van der Waals surface area contributed by atoms with Crippen molar-refractivity contribution in [2.75, 3.05) is 0 Å². The highest BCUT2D eigenvalue weighted by Crippen LogP contribution is 2.57. The smallest absolute Gasteiger partial charge is 0.231 e. The van der Waals surface area contributed by atoms with Gasteiger partial charge in [-0.2, -0.15) is 0 Å². The van der Waals surface area contributed by atoms with Gasteiger partial charge in [0.05, 0.1) is 23.7 Å². The maximum absolute atomic E-state index is 12.8. The molecule has 154 valence electrons. The third kappa shape index (κ3) is 2.51. The first kappa shape index (κ1) is 18.8. The van der Waals surface area contributed by atoms with Gasteiger partial charge in [-0.3, -0.25) is 29.8 Å². The number of amides is 4. The van der Waals surface area contributed by atoms with Crippen LogP contribution in [0.25, 0.3) is 0 Å². The quantitative estimate of drug-likeness (QED) is 0.518. The highest BCUT2D eigenvalue weighted by Gasteiger charge is 2.59. The van der Waals surface area contributed by atoms with E-state index in [2.05, 4.69) is 17.2 Å². The van der Waals surface area contributed by atoms with E-state index < -0.39 is 29.6 Å². The van der Waals surface area contributed by atoms with Crippen LogP contribution < -0.4 is 10.6 Å². The fourth-order valence-corrected chi connectivity index (χ4v) is 5.94. The molecule has 2 heterocycles. The third-order valence-corrected chi connectivity index (χ3v) is 7.18. The fraction of sp³-hybridized carbons (Fsp3) is 0.391. The summed E-state index contributed by atoms with van der Waals surface area (Å²) in [6.07, 6.45) is 4.86. The van der Waals surface area contributed by atoms with E-state index >= 15 is 0 Å². The zero-order valence-corrected chi connectivity index (χ0v) is 16.3. The number of imide groups is 2. The van der Waals surface area contributed by atoms with Gasteiger partial charge >= 0.3 is 0 Å². The minimum Gasteiger partial charge on any atom is -0.507 e. The van der Waals surface area contributed by atoms with Crippen molar-refractivity contribution in [3.63, 3.8) is 0 Å². The van der Waals surface area contributed by atoms with Gasteiger partial charge in [0, 0.05) is 11.5 Å². The molecule has 2 aliphatic carbocycles. The maximum atomic E-state index is 12.8. The molecule has 30 heavy (non-hydrogen) atoms. The Balaban J connectivity index is 1.67. The van der Waals surface area contributed by atoms with Gasteiger partial charge < -0.3 is 5.11 Å². The van der Waals surface area contributed by atoms with Gasteiger partial charge in [0.15, 0.2) is 0 Å². The number of hydrogen-bond acceptors (Lipinski definition) is 5. The molecule has 1 aromatic rings. The SMILES string of the molecule is C=CCc1cccc([C@H]2C3=CC[C@@H]4C(=O)NC(=O)[C@@H]4[C@@H]3C[C@H]3C(=O)NC(=O)[C@@H]23)c1O. The van der Waals surface area contributed by atoms with Crippen molar-refractivity contribution in [2.24, 2.45) is 29.6 Å². The molecule has 7 nitrogen and oxygen atoms in total. The normalized spacial score (nSPS) is 34.5. The molecule has 6 atom stereocenters. The molecule has 0 aromatic heterocycles. The predicted molar refractivity (Wildman–Crippen MR) is 106 cm³/mol. The van der Waals surface area contributed by atoms with Gasteiger partial charge in [0.1, 0.15) is 5.75 Å². The molecule has 0 radical (unpaired) electrons. The lowest BCUT2D eigenvalue weighted by molar-refractivity contribution is -0.128. The molecule has 4 aliphatic rings. The van der Waals surface area contributed by atoms with Crippen LogP contribution in [0.4, 0.5) is 0 Å². The van der Waals surface area contributed by atoms with Crippen molar-refractivity contribution in [1.29, 1.82) is 0 Å². The Kier molecular flexibility index (Phi) is 4.17. The average molecular weight is 406 g/mol. The maximum Gasteiger partial charge on any atom is 0.231 e. The van der Waals surface area contributed by atoms with Crippen molar-refractivity contribution in [2.45, 2.75) is 25.2 Å².